The lowest BCUT2D eigenvalue weighted by Crippen LogP contribution is -2.49. The Morgan fingerprint density at radius 3 is 2.65 bits per heavy atom. The van der Waals surface area contributed by atoms with Crippen LogP contribution in [0.3, 0.4) is 0 Å². The van der Waals surface area contributed by atoms with E-state index in [0.717, 1.165) is 11.3 Å². The Kier molecular flexibility index (Phi) is 9.20. The molecule has 5 nitrogen and oxygen atoms in total. The van der Waals surface area contributed by atoms with E-state index >= 15 is 0 Å². The predicted molar refractivity (Wildman–Crippen MR) is 82.3 cm³/mol. The van der Waals surface area contributed by atoms with Crippen molar-refractivity contribution in [2.24, 2.45) is 0 Å². The summed E-state index contributed by atoms with van der Waals surface area (Å²) in [5.74, 6) is -1.10. The van der Waals surface area contributed by atoms with Crippen molar-refractivity contribution in [3.63, 3.8) is 0 Å². The second-order valence-electron chi connectivity index (χ2n) is 4.37. The molecule has 0 aromatic carbocycles. The zero-order chi connectivity index (χ0) is 14.3. The quantitative estimate of drug-likeness (QED) is 0.684. The first-order valence-electron chi connectivity index (χ1n) is 6.33. The highest BCUT2D eigenvalue weighted by Crippen LogP contribution is 2.07. The van der Waals surface area contributed by atoms with Crippen LogP contribution in [0.15, 0.2) is 17.5 Å². The minimum absolute atomic E-state index is 0. The summed E-state index contributed by atoms with van der Waals surface area (Å²) in [7, 11) is 0. The lowest BCUT2D eigenvalue weighted by Gasteiger charge is -2.19. The molecule has 1 aromatic heterocycles. The second-order valence-corrected chi connectivity index (χ2v) is 5.40. The molecular weight excluding hydrogens is 300 g/mol. The fourth-order valence-corrected chi connectivity index (χ4v) is 2.33. The molecule has 114 valence electrons. The maximum atomic E-state index is 11.8. The maximum absolute atomic E-state index is 11.8. The lowest BCUT2D eigenvalue weighted by atomic mass is 10.1. The Bertz CT molecular complexity index is 412. The first kappa shape index (κ1) is 18.9. The standard InChI is InChI=1S/C13H20N2O3S.ClH/c1-3-5-11(13(17)18)15-9(2)12(16)14-8-10-6-4-7-19-10;/h4,6-7,9,11,15H,3,5,8H2,1-2H3,(H,14,16)(H,17,18);1H. The number of carboxylic acids is 1. The van der Waals surface area contributed by atoms with Crippen LogP contribution in [0.1, 0.15) is 31.6 Å². The van der Waals surface area contributed by atoms with Crippen LogP contribution in [0.25, 0.3) is 0 Å². The number of aliphatic carboxylic acids is 1. The molecule has 0 fully saturated rings. The van der Waals surface area contributed by atoms with Crippen LogP contribution in [0, 0.1) is 0 Å². The van der Waals surface area contributed by atoms with E-state index in [9.17, 15) is 9.59 Å². The van der Waals surface area contributed by atoms with E-state index < -0.39 is 18.1 Å². The summed E-state index contributed by atoms with van der Waals surface area (Å²) in [6, 6.07) is 2.68. The molecule has 0 saturated carbocycles. The summed E-state index contributed by atoms with van der Waals surface area (Å²) in [5, 5.41) is 16.6. The maximum Gasteiger partial charge on any atom is 0.320 e. The molecule has 3 N–H and O–H groups in total. The van der Waals surface area contributed by atoms with Gasteiger partial charge in [0.1, 0.15) is 6.04 Å². The summed E-state index contributed by atoms with van der Waals surface area (Å²) < 4.78 is 0. The molecule has 1 amide bonds. The first-order valence-corrected chi connectivity index (χ1v) is 7.21. The fraction of sp³-hybridized carbons (Fsp3) is 0.538. The molecule has 1 heterocycles. The van der Waals surface area contributed by atoms with Crippen molar-refractivity contribution < 1.29 is 14.7 Å². The van der Waals surface area contributed by atoms with Gasteiger partial charge in [0, 0.05) is 4.88 Å². The molecule has 0 aliphatic heterocycles. The lowest BCUT2D eigenvalue weighted by molar-refractivity contribution is -0.140. The number of halogens is 1. The van der Waals surface area contributed by atoms with Crippen LogP contribution in [-0.2, 0) is 16.1 Å². The van der Waals surface area contributed by atoms with Crippen molar-refractivity contribution in [2.45, 2.75) is 45.3 Å². The fourth-order valence-electron chi connectivity index (χ4n) is 1.68. The van der Waals surface area contributed by atoms with Gasteiger partial charge in [0.15, 0.2) is 0 Å². The van der Waals surface area contributed by atoms with Gasteiger partial charge < -0.3 is 10.4 Å². The van der Waals surface area contributed by atoms with Crippen molar-refractivity contribution >= 4 is 35.6 Å². The normalized spacial score (nSPS) is 13.1. The van der Waals surface area contributed by atoms with E-state index in [-0.39, 0.29) is 18.3 Å². The van der Waals surface area contributed by atoms with Gasteiger partial charge >= 0.3 is 5.97 Å². The van der Waals surface area contributed by atoms with E-state index in [1.165, 1.54) is 0 Å². The van der Waals surface area contributed by atoms with Crippen LogP contribution in [0.2, 0.25) is 0 Å². The summed E-state index contributed by atoms with van der Waals surface area (Å²) in [6.45, 7) is 4.07. The largest absolute Gasteiger partial charge is 0.480 e. The highest BCUT2D eigenvalue weighted by Gasteiger charge is 2.22. The van der Waals surface area contributed by atoms with Crippen molar-refractivity contribution in [1.29, 1.82) is 0 Å². The molecule has 2 atom stereocenters. The number of hydrogen-bond donors (Lipinski definition) is 3. The Labute approximate surface area is 129 Å². The smallest absolute Gasteiger partial charge is 0.320 e. The molecule has 7 heteroatoms. The third kappa shape index (κ3) is 6.36. The average molecular weight is 321 g/mol. The Balaban J connectivity index is 0.00000361. The molecule has 0 aliphatic carbocycles. The molecule has 0 spiro atoms. The summed E-state index contributed by atoms with van der Waals surface area (Å²) in [4.78, 5) is 23.9. The molecule has 1 rings (SSSR count). The van der Waals surface area contributed by atoms with E-state index in [1.807, 2.05) is 24.4 Å². The first-order chi connectivity index (χ1) is 9.04. The second kappa shape index (κ2) is 9.74. The number of carbonyl (C=O) groups is 2. The number of carboxylic acid groups (broad SMARTS) is 1. The number of thiophene rings is 1. The molecule has 0 saturated heterocycles. The average Bonchev–Trinajstić information content (AvgIpc) is 2.88. The molecule has 0 radical (unpaired) electrons. The van der Waals surface area contributed by atoms with Crippen molar-refractivity contribution in [2.75, 3.05) is 0 Å². The Morgan fingerprint density at radius 2 is 2.15 bits per heavy atom. The number of nitrogens with one attached hydrogen (secondary N) is 2. The highest BCUT2D eigenvalue weighted by atomic mass is 35.5. The third-order valence-electron chi connectivity index (χ3n) is 2.74. The van der Waals surface area contributed by atoms with Gasteiger partial charge in [-0.1, -0.05) is 19.4 Å². The third-order valence-corrected chi connectivity index (χ3v) is 3.61. The zero-order valence-corrected chi connectivity index (χ0v) is 13.2. The van der Waals surface area contributed by atoms with Gasteiger partial charge in [0.05, 0.1) is 12.6 Å². The topological polar surface area (TPSA) is 78.4 Å². The van der Waals surface area contributed by atoms with Crippen molar-refractivity contribution in [3.05, 3.63) is 22.4 Å². The Hall–Kier alpha value is -1.11. The van der Waals surface area contributed by atoms with Gasteiger partial charge in [-0.2, -0.15) is 0 Å². The van der Waals surface area contributed by atoms with Crippen LogP contribution in [0.4, 0.5) is 0 Å². The molecule has 0 bridgehead atoms. The van der Waals surface area contributed by atoms with Gasteiger partial charge in [0.2, 0.25) is 5.91 Å². The zero-order valence-electron chi connectivity index (χ0n) is 11.6. The summed E-state index contributed by atoms with van der Waals surface area (Å²) in [5.41, 5.74) is 0. The highest BCUT2D eigenvalue weighted by molar-refractivity contribution is 7.09. The van der Waals surface area contributed by atoms with Crippen LogP contribution < -0.4 is 10.6 Å². The van der Waals surface area contributed by atoms with E-state index in [0.29, 0.717) is 13.0 Å². The minimum Gasteiger partial charge on any atom is -0.480 e. The molecule has 20 heavy (non-hydrogen) atoms. The number of hydrogen-bond acceptors (Lipinski definition) is 4. The molecular formula is C13H21ClN2O3S. The number of amides is 1. The van der Waals surface area contributed by atoms with E-state index in [2.05, 4.69) is 10.6 Å². The Morgan fingerprint density at radius 1 is 1.45 bits per heavy atom. The van der Waals surface area contributed by atoms with Gasteiger partial charge in [-0.3, -0.25) is 14.9 Å². The van der Waals surface area contributed by atoms with Crippen LogP contribution in [0.5, 0.6) is 0 Å². The SMILES string of the molecule is CCCC(NC(C)C(=O)NCc1cccs1)C(=O)O.Cl. The summed E-state index contributed by atoms with van der Waals surface area (Å²) in [6.07, 6.45) is 1.27. The van der Waals surface area contributed by atoms with Crippen molar-refractivity contribution in [3.8, 4) is 0 Å². The molecule has 0 aliphatic rings. The summed E-state index contributed by atoms with van der Waals surface area (Å²) >= 11 is 1.57. The predicted octanol–water partition coefficient (Wildman–Crippen LogP) is 2.02. The monoisotopic (exact) mass is 320 g/mol. The molecule has 1 aromatic rings. The minimum atomic E-state index is -0.917. The van der Waals surface area contributed by atoms with Crippen LogP contribution >= 0.6 is 23.7 Å². The van der Waals surface area contributed by atoms with E-state index in [4.69, 9.17) is 5.11 Å². The van der Waals surface area contributed by atoms with E-state index in [1.54, 1.807) is 18.3 Å². The van der Waals surface area contributed by atoms with Gasteiger partial charge in [-0.05, 0) is 24.8 Å². The number of carbonyl (C=O) groups excluding carboxylic acids is 1. The van der Waals surface area contributed by atoms with Gasteiger partial charge in [-0.25, -0.2) is 0 Å². The number of rotatable bonds is 8. The van der Waals surface area contributed by atoms with Crippen LogP contribution in [-0.4, -0.2) is 29.1 Å². The molecule has 2 unspecified atom stereocenters. The van der Waals surface area contributed by atoms with Crippen molar-refractivity contribution in [1.82, 2.24) is 10.6 Å². The van der Waals surface area contributed by atoms with Gasteiger partial charge in [0.25, 0.3) is 0 Å². The van der Waals surface area contributed by atoms with Gasteiger partial charge in [-0.15, -0.1) is 23.7 Å².